The molecule has 0 bridgehead atoms. The number of hydrogen-bond donors (Lipinski definition) is 1. The first-order valence-corrected chi connectivity index (χ1v) is 6.92. The SMILES string of the molecule is CCCOc1ccc(Oc2cccc(Cl)c2C(=O)O)cc1. The van der Waals surface area contributed by atoms with Gasteiger partial charge in [-0.05, 0) is 42.8 Å². The Kier molecular flexibility index (Phi) is 5.06. The first-order chi connectivity index (χ1) is 10.1. The molecule has 0 aromatic heterocycles. The van der Waals surface area contributed by atoms with Crippen molar-refractivity contribution in [3.63, 3.8) is 0 Å². The van der Waals surface area contributed by atoms with Gasteiger partial charge in [-0.2, -0.15) is 0 Å². The number of hydrogen-bond acceptors (Lipinski definition) is 3. The van der Waals surface area contributed by atoms with Crippen LogP contribution < -0.4 is 9.47 Å². The molecule has 0 aliphatic heterocycles. The van der Waals surface area contributed by atoms with Gasteiger partial charge in [0.1, 0.15) is 22.8 Å². The number of carboxylic acids is 1. The monoisotopic (exact) mass is 306 g/mol. The second-order valence-corrected chi connectivity index (χ2v) is 4.75. The largest absolute Gasteiger partial charge is 0.494 e. The zero-order valence-corrected chi connectivity index (χ0v) is 12.3. The molecule has 0 atom stereocenters. The average Bonchev–Trinajstić information content (AvgIpc) is 2.46. The minimum absolute atomic E-state index is 0.0505. The van der Waals surface area contributed by atoms with E-state index in [0.29, 0.717) is 12.4 Å². The molecule has 5 heteroatoms. The number of benzene rings is 2. The average molecular weight is 307 g/mol. The van der Waals surface area contributed by atoms with Crippen molar-refractivity contribution in [1.82, 2.24) is 0 Å². The van der Waals surface area contributed by atoms with E-state index in [1.807, 2.05) is 6.92 Å². The Morgan fingerprint density at radius 1 is 1.14 bits per heavy atom. The van der Waals surface area contributed by atoms with Crippen LogP contribution in [-0.4, -0.2) is 17.7 Å². The van der Waals surface area contributed by atoms with Crippen LogP contribution in [0.3, 0.4) is 0 Å². The van der Waals surface area contributed by atoms with Crippen molar-refractivity contribution in [3.8, 4) is 17.2 Å². The maximum absolute atomic E-state index is 11.2. The normalized spacial score (nSPS) is 10.2. The molecular weight excluding hydrogens is 292 g/mol. The van der Waals surface area contributed by atoms with Crippen LogP contribution in [0.25, 0.3) is 0 Å². The van der Waals surface area contributed by atoms with E-state index in [1.54, 1.807) is 36.4 Å². The summed E-state index contributed by atoms with van der Waals surface area (Å²) >= 11 is 5.89. The molecule has 0 spiro atoms. The molecule has 2 rings (SSSR count). The maximum Gasteiger partial charge on any atom is 0.341 e. The minimum atomic E-state index is -1.13. The molecule has 0 saturated carbocycles. The molecule has 4 nitrogen and oxygen atoms in total. The van der Waals surface area contributed by atoms with E-state index in [2.05, 4.69) is 0 Å². The van der Waals surface area contributed by atoms with E-state index in [0.717, 1.165) is 12.2 Å². The molecular formula is C16H15ClO4. The summed E-state index contributed by atoms with van der Waals surface area (Å²) in [6.07, 6.45) is 0.933. The Morgan fingerprint density at radius 2 is 1.81 bits per heavy atom. The molecule has 0 radical (unpaired) electrons. The highest BCUT2D eigenvalue weighted by Crippen LogP contribution is 2.31. The van der Waals surface area contributed by atoms with Crippen molar-refractivity contribution < 1.29 is 19.4 Å². The number of carbonyl (C=O) groups is 1. The fourth-order valence-electron chi connectivity index (χ4n) is 1.75. The van der Waals surface area contributed by atoms with E-state index in [1.165, 1.54) is 6.07 Å². The van der Waals surface area contributed by atoms with Crippen LogP contribution in [0.15, 0.2) is 42.5 Å². The summed E-state index contributed by atoms with van der Waals surface area (Å²) in [5.74, 6) is 0.341. The van der Waals surface area contributed by atoms with Gasteiger partial charge in [-0.15, -0.1) is 0 Å². The quantitative estimate of drug-likeness (QED) is 0.846. The molecule has 0 aliphatic rings. The van der Waals surface area contributed by atoms with E-state index in [-0.39, 0.29) is 16.3 Å². The molecule has 21 heavy (non-hydrogen) atoms. The van der Waals surface area contributed by atoms with Gasteiger partial charge < -0.3 is 14.6 Å². The molecule has 0 unspecified atom stereocenters. The van der Waals surface area contributed by atoms with Crippen molar-refractivity contribution in [2.75, 3.05) is 6.61 Å². The molecule has 0 aliphatic carbocycles. The van der Waals surface area contributed by atoms with Gasteiger partial charge in [-0.25, -0.2) is 4.79 Å². The number of aromatic carboxylic acids is 1. The Balaban J connectivity index is 2.19. The van der Waals surface area contributed by atoms with E-state index in [9.17, 15) is 9.90 Å². The van der Waals surface area contributed by atoms with Gasteiger partial charge in [0.25, 0.3) is 0 Å². The molecule has 0 saturated heterocycles. The second-order valence-electron chi connectivity index (χ2n) is 4.34. The molecule has 2 aromatic rings. The summed E-state index contributed by atoms with van der Waals surface area (Å²) in [7, 11) is 0. The van der Waals surface area contributed by atoms with Gasteiger partial charge in [-0.3, -0.25) is 0 Å². The van der Waals surface area contributed by atoms with Gasteiger partial charge in [0.2, 0.25) is 0 Å². The summed E-state index contributed by atoms with van der Waals surface area (Å²) in [4.78, 5) is 11.2. The molecule has 0 heterocycles. The summed E-state index contributed by atoms with van der Waals surface area (Å²) < 4.78 is 11.1. The fourth-order valence-corrected chi connectivity index (χ4v) is 1.99. The predicted molar refractivity (Wildman–Crippen MR) is 80.7 cm³/mol. The van der Waals surface area contributed by atoms with E-state index in [4.69, 9.17) is 21.1 Å². The van der Waals surface area contributed by atoms with Gasteiger partial charge >= 0.3 is 5.97 Å². The van der Waals surface area contributed by atoms with Crippen LogP contribution >= 0.6 is 11.6 Å². The molecule has 110 valence electrons. The van der Waals surface area contributed by atoms with Crippen LogP contribution in [0.4, 0.5) is 0 Å². The summed E-state index contributed by atoms with van der Waals surface area (Å²) in [6.45, 7) is 2.68. The van der Waals surface area contributed by atoms with Crippen LogP contribution in [0, 0.1) is 0 Å². The first-order valence-electron chi connectivity index (χ1n) is 6.54. The predicted octanol–water partition coefficient (Wildman–Crippen LogP) is 4.62. The zero-order valence-electron chi connectivity index (χ0n) is 11.5. The van der Waals surface area contributed by atoms with E-state index < -0.39 is 5.97 Å². The standard InChI is InChI=1S/C16H15ClO4/c1-2-10-20-11-6-8-12(9-7-11)21-14-5-3-4-13(17)15(14)16(18)19/h3-9H,2,10H2,1H3,(H,18,19). The number of carboxylic acid groups (broad SMARTS) is 1. The lowest BCUT2D eigenvalue weighted by molar-refractivity contribution is 0.0694. The molecule has 1 N–H and O–H groups in total. The van der Waals surface area contributed by atoms with E-state index >= 15 is 0 Å². The lowest BCUT2D eigenvalue weighted by Gasteiger charge is -2.10. The Bertz CT molecular complexity index is 623. The Labute approximate surface area is 127 Å². The highest BCUT2D eigenvalue weighted by molar-refractivity contribution is 6.33. The highest BCUT2D eigenvalue weighted by Gasteiger charge is 2.16. The Hall–Kier alpha value is -2.20. The van der Waals surface area contributed by atoms with Crippen molar-refractivity contribution in [2.24, 2.45) is 0 Å². The lowest BCUT2D eigenvalue weighted by Crippen LogP contribution is -2.01. The highest BCUT2D eigenvalue weighted by atomic mass is 35.5. The number of rotatable bonds is 6. The third-order valence-corrected chi connectivity index (χ3v) is 3.03. The van der Waals surface area contributed by atoms with Crippen molar-refractivity contribution in [3.05, 3.63) is 53.1 Å². The molecule has 0 fully saturated rings. The third kappa shape index (κ3) is 3.89. The van der Waals surface area contributed by atoms with Crippen LogP contribution in [0.2, 0.25) is 5.02 Å². The van der Waals surface area contributed by atoms with Crippen LogP contribution in [0.1, 0.15) is 23.7 Å². The molecule has 2 aromatic carbocycles. The summed E-state index contributed by atoms with van der Waals surface area (Å²) in [6, 6.07) is 11.7. The van der Waals surface area contributed by atoms with Crippen molar-refractivity contribution in [2.45, 2.75) is 13.3 Å². The summed E-state index contributed by atoms with van der Waals surface area (Å²) in [5, 5.41) is 9.32. The third-order valence-electron chi connectivity index (χ3n) is 2.71. The van der Waals surface area contributed by atoms with Crippen molar-refractivity contribution in [1.29, 1.82) is 0 Å². The Morgan fingerprint density at radius 3 is 2.43 bits per heavy atom. The zero-order chi connectivity index (χ0) is 15.2. The minimum Gasteiger partial charge on any atom is -0.494 e. The van der Waals surface area contributed by atoms with Crippen LogP contribution in [-0.2, 0) is 0 Å². The maximum atomic E-state index is 11.2. The van der Waals surface area contributed by atoms with Gasteiger partial charge in [-0.1, -0.05) is 24.6 Å². The first kappa shape index (κ1) is 15.2. The van der Waals surface area contributed by atoms with Gasteiger partial charge in [0, 0.05) is 0 Å². The lowest BCUT2D eigenvalue weighted by atomic mass is 10.2. The number of halogens is 1. The second kappa shape index (κ2) is 6.99. The topological polar surface area (TPSA) is 55.8 Å². The summed E-state index contributed by atoms with van der Waals surface area (Å²) in [5.41, 5.74) is -0.0505. The van der Waals surface area contributed by atoms with Crippen molar-refractivity contribution >= 4 is 17.6 Å². The number of ether oxygens (including phenoxy) is 2. The fraction of sp³-hybridized carbons (Fsp3) is 0.188. The smallest absolute Gasteiger partial charge is 0.341 e. The van der Waals surface area contributed by atoms with Gasteiger partial charge in [0.05, 0.1) is 11.6 Å². The van der Waals surface area contributed by atoms with Gasteiger partial charge in [0.15, 0.2) is 0 Å². The molecule has 0 amide bonds. The van der Waals surface area contributed by atoms with Crippen LogP contribution in [0.5, 0.6) is 17.2 Å².